The van der Waals surface area contributed by atoms with Gasteiger partial charge in [0.15, 0.2) is 11.4 Å². The van der Waals surface area contributed by atoms with E-state index in [-0.39, 0.29) is 25.0 Å². The van der Waals surface area contributed by atoms with Crippen LogP contribution in [0, 0.1) is 0 Å². The molecule has 7 nitrogen and oxygen atoms in total. The number of para-hydroxylation sites is 1. The maximum Gasteiger partial charge on any atom is 0.278 e. The average Bonchev–Trinajstić information content (AvgIpc) is 2.87. The van der Waals surface area contributed by atoms with Crippen molar-refractivity contribution in [2.45, 2.75) is 25.4 Å². The zero-order valence-corrected chi connectivity index (χ0v) is 19.4. The predicted octanol–water partition coefficient (Wildman–Crippen LogP) is 4.08. The van der Waals surface area contributed by atoms with Crippen LogP contribution in [0.25, 0.3) is 0 Å². The van der Waals surface area contributed by atoms with Crippen molar-refractivity contribution in [1.29, 1.82) is 0 Å². The highest BCUT2D eigenvalue weighted by molar-refractivity contribution is 6.32. The van der Waals surface area contributed by atoms with E-state index < -0.39 is 23.1 Å². The number of aromatic nitrogens is 1. The van der Waals surface area contributed by atoms with Crippen molar-refractivity contribution in [2.24, 2.45) is 0 Å². The van der Waals surface area contributed by atoms with Crippen molar-refractivity contribution >= 4 is 17.5 Å². The van der Waals surface area contributed by atoms with Gasteiger partial charge in [0.1, 0.15) is 25.1 Å². The highest BCUT2D eigenvalue weighted by Crippen LogP contribution is 2.40. The van der Waals surface area contributed by atoms with Crippen LogP contribution in [-0.2, 0) is 0 Å². The van der Waals surface area contributed by atoms with E-state index in [4.69, 9.17) is 16.3 Å². The normalized spacial score (nSPS) is 20.6. The van der Waals surface area contributed by atoms with Gasteiger partial charge < -0.3 is 14.7 Å². The van der Waals surface area contributed by atoms with E-state index >= 15 is 0 Å². The fourth-order valence-corrected chi connectivity index (χ4v) is 4.90. The lowest BCUT2D eigenvalue weighted by atomic mass is 9.96. The Hall–Kier alpha value is -3.71. The van der Waals surface area contributed by atoms with Gasteiger partial charge in [-0.3, -0.25) is 19.3 Å². The zero-order valence-electron chi connectivity index (χ0n) is 18.6. The molecule has 5 rings (SSSR count). The average molecular weight is 478 g/mol. The highest BCUT2D eigenvalue weighted by Gasteiger charge is 2.39. The lowest BCUT2D eigenvalue weighted by Crippen LogP contribution is -2.57. The molecule has 1 amide bonds. The molecule has 0 unspecified atom stereocenters. The predicted molar refractivity (Wildman–Crippen MR) is 130 cm³/mol. The Labute approximate surface area is 202 Å². The Balaban J connectivity index is 1.83. The molecular weight excluding hydrogens is 454 g/mol. The Morgan fingerprint density at radius 1 is 1.09 bits per heavy atom. The minimum atomic E-state index is -0.600. The quantitative estimate of drug-likeness (QED) is 0.563. The Morgan fingerprint density at radius 3 is 2.65 bits per heavy atom. The Bertz CT molecular complexity index is 1320. The second kappa shape index (κ2) is 8.91. The van der Waals surface area contributed by atoms with Gasteiger partial charge in [-0.15, -0.1) is 0 Å². The molecule has 0 spiro atoms. The molecule has 0 saturated heterocycles. The van der Waals surface area contributed by atoms with Crippen molar-refractivity contribution in [3.05, 3.63) is 105 Å². The molecule has 3 heterocycles. The third-order valence-electron chi connectivity index (χ3n) is 6.30. The number of amides is 1. The molecule has 174 valence electrons. The number of aromatic hydroxyl groups is 1. The van der Waals surface area contributed by atoms with Crippen molar-refractivity contribution in [3.63, 3.8) is 0 Å². The summed E-state index contributed by atoms with van der Waals surface area (Å²) in [6.07, 6.45) is 5.97. The molecule has 8 heteroatoms. The molecule has 0 radical (unpaired) electrons. The van der Waals surface area contributed by atoms with Gasteiger partial charge in [0, 0.05) is 17.8 Å². The van der Waals surface area contributed by atoms with Crippen LogP contribution in [0.4, 0.5) is 0 Å². The molecule has 0 aliphatic carbocycles. The van der Waals surface area contributed by atoms with Gasteiger partial charge in [-0.2, -0.15) is 0 Å². The number of nitrogens with zero attached hydrogens (tertiary/aromatic N) is 3. The summed E-state index contributed by atoms with van der Waals surface area (Å²) in [6, 6.07) is 16.0. The second-order valence-electron chi connectivity index (χ2n) is 8.26. The number of halogens is 1. The summed E-state index contributed by atoms with van der Waals surface area (Å²) < 4.78 is 7.72. The van der Waals surface area contributed by atoms with Crippen LogP contribution >= 0.6 is 11.6 Å². The third-order valence-corrected chi connectivity index (χ3v) is 6.60. The summed E-state index contributed by atoms with van der Waals surface area (Å²) in [6.45, 7) is 2.50. The maximum absolute atomic E-state index is 13.6. The molecule has 0 saturated carbocycles. The lowest BCUT2D eigenvalue weighted by molar-refractivity contribution is 0.0626. The van der Waals surface area contributed by atoms with E-state index in [1.54, 1.807) is 15.6 Å². The minimum absolute atomic E-state index is 0.0599. The summed E-state index contributed by atoms with van der Waals surface area (Å²) in [7, 11) is 0. The Kier molecular flexibility index (Phi) is 5.79. The van der Waals surface area contributed by atoms with E-state index in [0.717, 1.165) is 11.1 Å². The largest absolute Gasteiger partial charge is 0.502 e. The van der Waals surface area contributed by atoms with Gasteiger partial charge in [-0.05, 0) is 24.1 Å². The SMILES string of the molecule is CC[C@H]1/C=C/COc2c(Cl)cccc2[C@@H](c2ccccc2)N2CN1C(=O)c1c(O)c(=O)ccn12. The zero-order chi connectivity index (χ0) is 23.8. The summed E-state index contributed by atoms with van der Waals surface area (Å²) >= 11 is 6.59. The van der Waals surface area contributed by atoms with Gasteiger partial charge in [0.25, 0.3) is 5.91 Å². The van der Waals surface area contributed by atoms with E-state index in [9.17, 15) is 14.7 Å². The molecule has 2 atom stereocenters. The van der Waals surface area contributed by atoms with Gasteiger partial charge in [-0.1, -0.05) is 67.1 Å². The van der Waals surface area contributed by atoms with Gasteiger partial charge in [0.2, 0.25) is 5.43 Å². The monoisotopic (exact) mass is 477 g/mol. The molecule has 3 aromatic rings. The number of rotatable bonds is 2. The molecule has 2 aliphatic heterocycles. The summed E-state index contributed by atoms with van der Waals surface area (Å²) in [5, 5.41) is 13.1. The molecular formula is C26H24ClN3O4. The fraction of sp³-hybridized carbons (Fsp3) is 0.231. The first-order valence-electron chi connectivity index (χ1n) is 11.2. The summed E-state index contributed by atoms with van der Waals surface area (Å²) in [4.78, 5) is 27.6. The number of benzene rings is 2. The van der Waals surface area contributed by atoms with Crippen LogP contribution in [0.2, 0.25) is 5.02 Å². The topological polar surface area (TPSA) is 75.0 Å². The van der Waals surface area contributed by atoms with E-state index in [1.165, 1.54) is 12.3 Å². The van der Waals surface area contributed by atoms with Crippen molar-refractivity contribution < 1.29 is 14.6 Å². The fourth-order valence-electron chi connectivity index (χ4n) is 4.66. The summed E-state index contributed by atoms with van der Waals surface area (Å²) in [5.74, 6) is -0.417. The number of carbonyl (C=O) groups is 1. The number of fused-ring (bicyclic) bond motifs is 5. The maximum atomic E-state index is 13.6. The number of ether oxygens (including phenoxy) is 1. The molecule has 1 N–H and O–H groups in total. The molecule has 0 fully saturated rings. The van der Waals surface area contributed by atoms with E-state index in [0.29, 0.717) is 17.2 Å². The van der Waals surface area contributed by atoms with Crippen molar-refractivity contribution in [1.82, 2.24) is 9.58 Å². The number of hydrogen-bond acceptors (Lipinski definition) is 5. The van der Waals surface area contributed by atoms with Crippen LogP contribution < -0.4 is 15.2 Å². The summed E-state index contributed by atoms with van der Waals surface area (Å²) in [5.41, 5.74) is 1.08. The number of pyridine rings is 1. The van der Waals surface area contributed by atoms with Crippen molar-refractivity contribution in [3.8, 4) is 11.5 Å². The lowest BCUT2D eigenvalue weighted by Gasteiger charge is -2.45. The smallest absolute Gasteiger partial charge is 0.278 e. The molecule has 2 bridgehead atoms. The van der Waals surface area contributed by atoms with Gasteiger partial charge in [-0.25, -0.2) is 0 Å². The number of carbonyl (C=O) groups excluding carboxylic acids is 1. The van der Waals surface area contributed by atoms with Crippen LogP contribution in [0.3, 0.4) is 0 Å². The minimum Gasteiger partial charge on any atom is -0.502 e. The van der Waals surface area contributed by atoms with Crippen LogP contribution in [0.5, 0.6) is 11.5 Å². The Morgan fingerprint density at radius 2 is 1.88 bits per heavy atom. The van der Waals surface area contributed by atoms with E-state index in [1.807, 2.05) is 66.5 Å². The van der Waals surface area contributed by atoms with Crippen LogP contribution in [0.15, 0.2) is 77.7 Å². The molecule has 34 heavy (non-hydrogen) atoms. The first-order valence-corrected chi connectivity index (χ1v) is 11.5. The number of hydrogen-bond donors (Lipinski definition) is 1. The van der Waals surface area contributed by atoms with Gasteiger partial charge >= 0.3 is 0 Å². The third kappa shape index (κ3) is 3.62. The highest BCUT2D eigenvalue weighted by atomic mass is 35.5. The second-order valence-corrected chi connectivity index (χ2v) is 8.67. The van der Waals surface area contributed by atoms with Crippen LogP contribution in [-0.4, -0.2) is 39.9 Å². The molecule has 2 aliphatic rings. The van der Waals surface area contributed by atoms with Crippen LogP contribution in [0.1, 0.15) is 41.0 Å². The van der Waals surface area contributed by atoms with Gasteiger partial charge in [0.05, 0.1) is 11.1 Å². The first kappa shape index (κ1) is 22.1. The molecule has 1 aromatic heterocycles. The molecule has 2 aromatic carbocycles. The standard InChI is InChI=1S/C26H24ClN3O4/c1-2-18-10-7-15-34-25-19(11-6-12-20(25)27)22(17-8-4-3-5-9-17)30-16-28(18)26(33)23-24(32)21(31)13-14-29(23)30/h3-14,18,22,32H,2,15-16H2,1H3/b10-7+/t18-,22+/m0/s1. The van der Waals surface area contributed by atoms with E-state index in [2.05, 4.69) is 0 Å². The van der Waals surface area contributed by atoms with Crippen molar-refractivity contribution in [2.75, 3.05) is 18.3 Å². The first-order chi connectivity index (χ1) is 16.5.